The Labute approximate surface area is 188 Å². The molecule has 0 radical (unpaired) electrons. The van der Waals surface area contributed by atoms with E-state index >= 15 is 0 Å². The van der Waals surface area contributed by atoms with Gasteiger partial charge in [0, 0.05) is 18.8 Å². The minimum Gasteiger partial charge on any atom is -0.493 e. The number of anilines is 1. The average molecular weight is 455 g/mol. The van der Waals surface area contributed by atoms with Gasteiger partial charge in [-0.2, -0.15) is 0 Å². The second-order valence-electron chi connectivity index (χ2n) is 7.86. The molecule has 0 spiro atoms. The number of sulfonamides is 1. The Balaban J connectivity index is 1.56. The quantitative estimate of drug-likeness (QED) is 0.600. The number of furan rings is 1. The number of benzene rings is 2. The van der Waals surface area contributed by atoms with Gasteiger partial charge in [-0.15, -0.1) is 0 Å². The Bertz CT molecular complexity index is 1230. The van der Waals surface area contributed by atoms with Crippen LogP contribution < -0.4 is 9.46 Å². The van der Waals surface area contributed by atoms with E-state index in [4.69, 9.17) is 9.15 Å². The molecule has 7 nitrogen and oxygen atoms in total. The number of hydrogen-bond donors (Lipinski definition) is 1. The third kappa shape index (κ3) is 4.36. The molecule has 2 aromatic carbocycles. The Kier molecular flexibility index (Phi) is 5.97. The van der Waals surface area contributed by atoms with Gasteiger partial charge in [-0.25, -0.2) is 8.42 Å². The third-order valence-corrected chi connectivity index (χ3v) is 6.88. The van der Waals surface area contributed by atoms with Crippen molar-refractivity contribution in [1.82, 2.24) is 4.90 Å². The number of carbonyl (C=O) groups is 1. The summed E-state index contributed by atoms with van der Waals surface area (Å²) in [6.45, 7) is 7.06. The first kappa shape index (κ1) is 22.0. The van der Waals surface area contributed by atoms with Crippen molar-refractivity contribution in [2.45, 2.75) is 38.6 Å². The number of ether oxygens (including phenoxy) is 1. The van der Waals surface area contributed by atoms with Gasteiger partial charge in [0.1, 0.15) is 5.75 Å². The summed E-state index contributed by atoms with van der Waals surface area (Å²) in [5.74, 6) is 0.833. The zero-order valence-electron chi connectivity index (χ0n) is 18.3. The molecule has 1 aromatic heterocycles. The molecule has 3 aromatic rings. The largest absolute Gasteiger partial charge is 0.493 e. The standard InChI is InChI=1S/C24H26N2O5S/c1-4-30-23-16(2)12-21(13-17(23)3)32(28,29)25-20-8-7-18-9-10-26(15-19(18)14-20)24(27)22-6-5-11-31-22/h5-8,11-14,25H,4,9-10,15H2,1-3H3. The predicted molar refractivity (Wildman–Crippen MR) is 121 cm³/mol. The smallest absolute Gasteiger partial charge is 0.289 e. The second kappa shape index (κ2) is 8.70. The van der Waals surface area contributed by atoms with Crippen molar-refractivity contribution in [3.05, 3.63) is 76.7 Å². The summed E-state index contributed by atoms with van der Waals surface area (Å²) in [7, 11) is -3.78. The maximum absolute atomic E-state index is 13.0. The van der Waals surface area contributed by atoms with E-state index in [1.807, 2.05) is 26.8 Å². The van der Waals surface area contributed by atoms with E-state index in [9.17, 15) is 13.2 Å². The number of nitrogens with zero attached hydrogens (tertiary/aromatic N) is 1. The van der Waals surface area contributed by atoms with E-state index in [1.165, 1.54) is 6.26 Å². The molecule has 1 aliphatic heterocycles. The summed E-state index contributed by atoms with van der Waals surface area (Å²) < 4.78 is 39.6. The van der Waals surface area contributed by atoms with Gasteiger partial charge in [0.05, 0.1) is 17.8 Å². The molecule has 168 valence electrons. The zero-order chi connectivity index (χ0) is 22.9. The fourth-order valence-corrected chi connectivity index (χ4v) is 5.22. The molecule has 4 rings (SSSR count). The summed E-state index contributed by atoms with van der Waals surface area (Å²) >= 11 is 0. The summed E-state index contributed by atoms with van der Waals surface area (Å²) in [5.41, 5.74) is 4.01. The Morgan fingerprint density at radius 2 is 1.88 bits per heavy atom. The normalized spacial score (nSPS) is 13.5. The monoisotopic (exact) mass is 454 g/mol. The molecule has 0 saturated heterocycles. The van der Waals surface area contributed by atoms with Crippen LogP contribution in [0, 0.1) is 13.8 Å². The molecule has 2 heterocycles. The molecule has 0 atom stereocenters. The first-order chi connectivity index (χ1) is 15.3. The van der Waals surface area contributed by atoms with Crippen LogP contribution in [0.1, 0.15) is 39.7 Å². The van der Waals surface area contributed by atoms with Crippen LogP contribution in [0.25, 0.3) is 0 Å². The number of rotatable bonds is 6. The molecular weight excluding hydrogens is 428 g/mol. The van der Waals surface area contributed by atoms with Crippen LogP contribution in [0.3, 0.4) is 0 Å². The Morgan fingerprint density at radius 1 is 1.12 bits per heavy atom. The number of nitrogens with one attached hydrogen (secondary N) is 1. The van der Waals surface area contributed by atoms with Crippen LogP contribution in [0.4, 0.5) is 5.69 Å². The summed E-state index contributed by atoms with van der Waals surface area (Å²) in [6.07, 6.45) is 2.18. The fraction of sp³-hybridized carbons (Fsp3) is 0.292. The highest BCUT2D eigenvalue weighted by Crippen LogP contribution is 2.29. The van der Waals surface area contributed by atoms with Gasteiger partial charge in [-0.1, -0.05) is 6.07 Å². The lowest BCUT2D eigenvalue weighted by Crippen LogP contribution is -2.35. The van der Waals surface area contributed by atoms with Crippen molar-refractivity contribution in [2.24, 2.45) is 0 Å². The van der Waals surface area contributed by atoms with Crippen LogP contribution in [0.2, 0.25) is 0 Å². The van der Waals surface area contributed by atoms with Crippen molar-refractivity contribution in [3.63, 3.8) is 0 Å². The minimum atomic E-state index is -3.78. The van der Waals surface area contributed by atoms with E-state index in [0.717, 1.165) is 22.3 Å². The van der Waals surface area contributed by atoms with Crippen molar-refractivity contribution in [3.8, 4) is 5.75 Å². The minimum absolute atomic E-state index is 0.174. The van der Waals surface area contributed by atoms with Gasteiger partial charge < -0.3 is 14.1 Å². The van der Waals surface area contributed by atoms with Crippen molar-refractivity contribution >= 4 is 21.6 Å². The highest BCUT2D eigenvalue weighted by Gasteiger charge is 2.24. The number of aryl methyl sites for hydroxylation is 2. The maximum atomic E-state index is 13.0. The number of amides is 1. The maximum Gasteiger partial charge on any atom is 0.289 e. The van der Waals surface area contributed by atoms with E-state index in [0.29, 0.717) is 43.3 Å². The van der Waals surface area contributed by atoms with Gasteiger partial charge in [-0.3, -0.25) is 9.52 Å². The van der Waals surface area contributed by atoms with E-state index < -0.39 is 10.0 Å². The van der Waals surface area contributed by atoms with Crippen molar-refractivity contribution in [2.75, 3.05) is 17.9 Å². The first-order valence-corrected chi connectivity index (χ1v) is 12.0. The number of fused-ring (bicyclic) bond motifs is 1. The molecule has 0 aliphatic carbocycles. The lowest BCUT2D eigenvalue weighted by molar-refractivity contribution is 0.0702. The van der Waals surface area contributed by atoms with Crippen LogP contribution in [-0.2, 0) is 23.0 Å². The predicted octanol–water partition coefficient (Wildman–Crippen LogP) is 4.29. The van der Waals surface area contributed by atoms with Gasteiger partial charge in [0.25, 0.3) is 15.9 Å². The molecule has 8 heteroatoms. The molecule has 0 unspecified atom stereocenters. The lowest BCUT2D eigenvalue weighted by Gasteiger charge is -2.28. The SMILES string of the molecule is CCOc1c(C)cc(S(=O)(=O)Nc2ccc3c(c2)CN(C(=O)c2ccco2)CC3)cc1C. The molecule has 1 N–H and O–H groups in total. The highest BCUT2D eigenvalue weighted by molar-refractivity contribution is 7.92. The van der Waals surface area contributed by atoms with E-state index in [1.54, 1.807) is 41.3 Å². The van der Waals surface area contributed by atoms with E-state index in [2.05, 4.69) is 4.72 Å². The lowest BCUT2D eigenvalue weighted by atomic mass is 9.99. The first-order valence-electron chi connectivity index (χ1n) is 10.5. The summed E-state index contributed by atoms with van der Waals surface area (Å²) in [4.78, 5) is 14.5. The fourth-order valence-electron chi connectivity index (χ4n) is 4.00. The Hall–Kier alpha value is -3.26. The van der Waals surface area contributed by atoms with Crippen LogP contribution >= 0.6 is 0 Å². The zero-order valence-corrected chi connectivity index (χ0v) is 19.2. The summed E-state index contributed by atoms with van der Waals surface area (Å²) in [5, 5.41) is 0. The highest BCUT2D eigenvalue weighted by atomic mass is 32.2. The molecule has 0 fully saturated rings. The number of hydrogen-bond acceptors (Lipinski definition) is 5. The van der Waals surface area contributed by atoms with Gasteiger partial charge in [0.2, 0.25) is 0 Å². The van der Waals surface area contributed by atoms with Crippen LogP contribution in [0.5, 0.6) is 5.75 Å². The van der Waals surface area contributed by atoms with Crippen molar-refractivity contribution < 1.29 is 22.4 Å². The molecule has 32 heavy (non-hydrogen) atoms. The van der Waals surface area contributed by atoms with Crippen LogP contribution in [-0.4, -0.2) is 32.4 Å². The molecule has 1 aliphatic rings. The molecule has 0 bridgehead atoms. The Morgan fingerprint density at radius 3 is 2.53 bits per heavy atom. The molecule has 0 saturated carbocycles. The topological polar surface area (TPSA) is 88.9 Å². The molecular formula is C24H26N2O5S. The second-order valence-corrected chi connectivity index (χ2v) is 9.54. The average Bonchev–Trinajstić information content (AvgIpc) is 3.29. The van der Waals surface area contributed by atoms with Gasteiger partial charge in [-0.05, 0) is 85.8 Å². The van der Waals surface area contributed by atoms with Gasteiger partial charge in [0.15, 0.2) is 5.76 Å². The van der Waals surface area contributed by atoms with Gasteiger partial charge >= 0.3 is 0 Å². The summed E-state index contributed by atoms with van der Waals surface area (Å²) in [6, 6.07) is 12.0. The van der Waals surface area contributed by atoms with Crippen LogP contribution in [0.15, 0.2) is 58.0 Å². The third-order valence-electron chi connectivity index (χ3n) is 5.52. The van der Waals surface area contributed by atoms with E-state index in [-0.39, 0.29) is 10.8 Å². The molecule has 1 amide bonds. The van der Waals surface area contributed by atoms with Crippen molar-refractivity contribution in [1.29, 1.82) is 0 Å². The number of carbonyl (C=O) groups excluding carboxylic acids is 1.